The lowest BCUT2D eigenvalue weighted by molar-refractivity contribution is -0.0521. The van der Waals surface area contributed by atoms with Gasteiger partial charge in [0.1, 0.15) is 5.82 Å². The van der Waals surface area contributed by atoms with Crippen LogP contribution in [-0.4, -0.2) is 4.98 Å². The molecule has 2 nitrogen and oxygen atoms in total. The van der Waals surface area contributed by atoms with Gasteiger partial charge in [-0.05, 0) is 86.2 Å². The number of pyridine rings is 1. The molecule has 4 bridgehead atoms. The number of hydrogen-bond donors (Lipinski definition) is 1. The van der Waals surface area contributed by atoms with Crippen molar-refractivity contribution in [3.05, 3.63) is 23.4 Å². The summed E-state index contributed by atoms with van der Waals surface area (Å²) >= 11 is 0. The van der Waals surface area contributed by atoms with E-state index < -0.39 is 0 Å². The predicted molar refractivity (Wildman–Crippen MR) is 77.7 cm³/mol. The summed E-state index contributed by atoms with van der Waals surface area (Å²) in [5.74, 6) is 3.82. The van der Waals surface area contributed by atoms with Crippen molar-refractivity contribution in [2.75, 3.05) is 5.73 Å². The molecule has 0 amide bonds. The van der Waals surface area contributed by atoms with Gasteiger partial charge in [0.25, 0.3) is 0 Å². The van der Waals surface area contributed by atoms with Gasteiger partial charge in [0.2, 0.25) is 0 Å². The molecule has 4 saturated carbocycles. The van der Waals surface area contributed by atoms with Gasteiger partial charge >= 0.3 is 0 Å². The van der Waals surface area contributed by atoms with Crippen LogP contribution < -0.4 is 5.73 Å². The standard InChI is InChI=1S/C17H24N2/c1-11-2-15(16(18)19-10-11)9-17-6-12-3-13(7-17)5-14(4-12)8-17/h2,10,12-14H,3-9H2,1H3,(H2,18,19). The lowest BCUT2D eigenvalue weighted by Crippen LogP contribution is -2.47. The molecule has 1 aromatic rings. The Kier molecular flexibility index (Phi) is 2.46. The number of hydrogen-bond acceptors (Lipinski definition) is 2. The highest BCUT2D eigenvalue weighted by Gasteiger charge is 2.50. The summed E-state index contributed by atoms with van der Waals surface area (Å²) < 4.78 is 0. The number of aryl methyl sites for hydroxylation is 1. The maximum Gasteiger partial charge on any atom is 0.126 e. The second-order valence-electron chi connectivity index (χ2n) is 7.65. The van der Waals surface area contributed by atoms with Crippen LogP contribution >= 0.6 is 0 Å². The van der Waals surface area contributed by atoms with Gasteiger partial charge in [-0.15, -0.1) is 0 Å². The summed E-state index contributed by atoms with van der Waals surface area (Å²) in [4.78, 5) is 4.35. The Hall–Kier alpha value is -1.05. The van der Waals surface area contributed by atoms with Gasteiger partial charge in [0.05, 0.1) is 0 Å². The average Bonchev–Trinajstić information content (AvgIpc) is 2.31. The number of anilines is 1. The Morgan fingerprint density at radius 1 is 1.16 bits per heavy atom. The minimum absolute atomic E-state index is 0.568. The second-order valence-corrected chi connectivity index (χ2v) is 7.65. The third kappa shape index (κ3) is 1.96. The number of rotatable bonds is 2. The van der Waals surface area contributed by atoms with E-state index in [-0.39, 0.29) is 0 Å². The van der Waals surface area contributed by atoms with E-state index in [2.05, 4.69) is 18.0 Å². The number of aromatic nitrogens is 1. The van der Waals surface area contributed by atoms with Crippen LogP contribution in [0.15, 0.2) is 12.3 Å². The first-order valence-corrected chi connectivity index (χ1v) is 7.83. The minimum atomic E-state index is 0.568. The molecule has 0 radical (unpaired) electrons. The van der Waals surface area contributed by atoms with Crippen molar-refractivity contribution in [1.29, 1.82) is 0 Å². The fraction of sp³-hybridized carbons (Fsp3) is 0.706. The fourth-order valence-electron chi connectivity index (χ4n) is 5.69. The highest BCUT2D eigenvalue weighted by molar-refractivity contribution is 5.41. The molecular weight excluding hydrogens is 232 g/mol. The lowest BCUT2D eigenvalue weighted by Gasteiger charge is -2.57. The van der Waals surface area contributed by atoms with Crippen LogP contribution in [0.5, 0.6) is 0 Å². The summed E-state index contributed by atoms with van der Waals surface area (Å²) in [5, 5.41) is 0. The van der Waals surface area contributed by atoms with Crippen LogP contribution in [0, 0.1) is 30.1 Å². The molecule has 19 heavy (non-hydrogen) atoms. The second kappa shape index (κ2) is 3.97. The Morgan fingerprint density at radius 3 is 2.32 bits per heavy atom. The molecule has 1 heterocycles. The first kappa shape index (κ1) is 11.7. The topological polar surface area (TPSA) is 38.9 Å². The zero-order valence-corrected chi connectivity index (χ0v) is 11.9. The Morgan fingerprint density at radius 2 is 1.74 bits per heavy atom. The number of nitrogens with zero attached hydrogens (tertiary/aromatic N) is 1. The monoisotopic (exact) mass is 256 g/mol. The van der Waals surface area contributed by atoms with E-state index in [4.69, 9.17) is 5.73 Å². The SMILES string of the molecule is Cc1cnc(N)c(CC23CC4CC(CC(C4)C2)C3)c1. The molecule has 1 aromatic heterocycles. The maximum atomic E-state index is 6.11. The highest BCUT2D eigenvalue weighted by atomic mass is 14.8. The highest BCUT2D eigenvalue weighted by Crippen LogP contribution is 2.61. The zero-order valence-electron chi connectivity index (χ0n) is 11.9. The maximum absolute atomic E-state index is 6.11. The summed E-state index contributed by atoms with van der Waals surface area (Å²) in [6.07, 6.45) is 12.0. The van der Waals surface area contributed by atoms with E-state index in [1.807, 2.05) is 6.20 Å². The molecule has 4 aliphatic carbocycles. The molecular formula is C17H24N2. The Labute approximate surface area is 115 Å². The molecule has 0 aromatic carbocycles. The number of nitrogens with two attached hydrogens (primary N) is 1. The van der Waals surface area contributed by atoms with Gasteiger partial charge in [0.15, 0.2) is 0 Å². The zero-order chi connectivity index (χ0) is 13.0. The number of nitrogen functional groups attached to an aromatic ring is 1. The van der Waals surface area contributed by atoms with Crippen LogP contribution in [0.1, 0.15) is 49.7 Å². The van der Waals surface area contributed by atoms with Crippen LogP contribution in [0.25, 0.3) is 0 Å². The van der Waals surface area contributed by atoms with E-state index in [0.29, 0.717) is 5.41 Å². The van der Waals surface area contributed by atoms with E-state index in [9.17, 15) is 0 Å². The van der Waals surface area contributed by atoms with Crippen molar-refractivity contribution < 1.29 is 0 Å². The lowest BCUT2D eigenvalue weighted by atomic mass is 9.48. The first-order chi connectivity index (χ1) is 9.12. The molecule has 0 atom stereocenters. The fourth-order valence-corrected chi connectivity index (χ4v) is 5.69. The van der Waals surface area contributed by atoms with Crippen LogP contribution in [0.4, 0.5) is 5.82 Å². The Balaban J connectivity index is 1.64. The van der Waals surface area contributed by atoms with Gasteiger partial charge in [-0.2, -0.15) is 0 Å². The van der Waals surface area contributed by atoms with Crippen molar-refractivity contribution in [3.8, 4) is 0 Å². The summed E-state index contributed by atoms with van der Waals surface area (Å²) in [6.45, 7) is 2.12. The van der Waals surface area contributed by atoms with E-state index in [1.54, 1.807) is 0 Å². The summed E-state index contributed by atoms with van der Waals surface area (Å²) in [5.41, 5.74) is 9.23. The summed E-state index contributed by atoms with van der Waals surface area (Å²) in [6, 6.07) is 2.26. The van der Waals surface area contributed by atoms with Crippen molar-refractivity contribution >= 4 is 5.82 Å². The van der Waals surface area contributed by atoms with Gasteiger partial charge in [-0.1, -0.05) is 6.07 Å². The average molecular weight is 256 g/mol. The third-order valence-electron chi connectivity index (χ3n) is 5.87. The third-order valence-corrected chi connectivity index (χ3v) is 5.87. The van der Waals surface area contributed by atoms with E-state index in [0.717, 1.165) is 23.6 Å². The largest absolute Gasteiger partial charge is 0.383 e. The van der Waals surface area contributed by atoms with Crippen molar-refractivity contribution in [2.45, 2.75) is 51.9 Å². The smallest absolute Gasteiger partial charge is 0.126 e. The van der Waals surface area contributed by atoms with E-state index in [1.165, 1.54) is 56.1 Å². The molecule has 5 rings (SSSR count). The normalized spacial score (nSPS) is 39.7. The van der Waals surface area contributed by atoms with Crippen molar-refractivity contribution in [2.24, 2.45) is 23.2 Å². The van der Waals surface area contributed by atoms with Crippen LogP contribution in [-0.2, 0) is 6.42 Å². The molecule has 4 fully saturated rings. The molecule has 2 heteroatoms. The van der Waals surface area contributed by atoms with Crippen LogP contribution in [0.2, 0.25) is 0 Å². The van der Waals surface area contributed by atoms with Crippen molar-refractivity contribution in [1.82, 2.24) is 4.98 Å². The molecule has 102 valence electrons. The van der Waals surface area contributed by atoms with Crippen LogP contribution in [0.3, 0.4) is 0 Å². The van der Waals surface area contributed by atoms with Crippen molar-refractivity contribution in [3.63, 3.8) is 0 Å². The van der Waals surface area contributed by atoms with E-state index >= 15 is 0 Å². The molecule has 0 saturated heterocycles. The Bertz CT molecular complexity index is 471. The minimum Gasteiger partial charge on any atom is -0.383 e. The molecule has 0 unspecified atom stereocenters. The molecule has 0 aliphatic heterocycles. The van der Waals surface area contributed by atoms with Gasteiger partial charge in [-0.25, -0.2) is 4.98 Å². The van der Waals surface area contributed by atoms with Gasteiger partial charge in [-0.3, -0.25) is 0 Å². The quantitative estimate of drug-likeness (QED) is 0.875. The van der Waals surface area contributed by atoms with Gasteiger partial charge < -0.3 is 5.73 Å². The molecule has 0 spiro atoms. The summed E-state index contributed by atoms with van der Waals surface area (Å²) in [7, 11) is 0. The predicted octanol–water partition coefficient (Wildman–Crippen LogP) is 3.73. The van der Waals surface area contributed by atoms with Gasteiger partial charge in [0, 0.05) is 6.20 Å². The molecule has 2 N–H and O–H groups in total. The molecule has 4 aliphatic rings. The first-order valence-electron chi connectivity index (χ1n) is 7.83.